The predicted molar refractivity (Wildman–Crippen MR) is 79.9 cm³/mol. The molecule has 4 nitrogen and oxygen atoms in total. The zero-order chi connectivity index (χ0) is 14.4. The van der Waals surface area contributed by atoms with Crippen LogP contribution in [0.25, 0.3) is 0 Å². The van der Waals surface area contributed by atoms with Crippen LogP contribution in [-0.4, -0.2) is 12.3 Å². The monoisotopic (exact) mass is 268 g/mol. The van der Waals surface area contributed by atoms with Gasteiger partial charge in [-0.25, -0.2) is 0 Å². The molecule has 2 aromatic rings. The van der Waals surface area contributed by atoms with Crippen LogP contribution in [0.4, 0.5) is 11.4 Å². The first-order valence-electron chi connectivity index (χ1n) is 6.44. The van der Waals surface area contributed by atoms with Crippen molar-refractivity contribution < 1.29 is 9.59 Å². The van der Waals surface area contributed by atoms with Crippen LogP contribution in [-0.2, 0) is 11.2 Å². The highest BCUT2D eigenvalue weighted by molar-refractivity contribution is 6.05. The number of benzene rings is 2. The van der Waals surface area contributed by atoms with Crippen molar-refractivity contribution in [1.82, 2.24) is 0 Å². The van der Waals surface area contributed by atoms with E-state index in [4.69, 9.17) is 0 Å². The number of carbonyl (C=O) groups is 2. The van der Waals surface area contributed by atoms with Crippen molar-refractivity contribution in [2.24, 2.45) is 0 Å². The highest BCUT2D eigenvalue weighted by Crippen LogP contribution is 2.17. The summed E-state index contributed by atoms with van der Waals surface area (Å²) >= 11 is 0. The van der Waals surface area contributed by atoms with Crippen LogP contribution in [0.3, 0.4) is 0 Å². The first-order valence-corrected chi connectivity index (χ1v) is 6.44. The van der Waals surface area contributed by atoms with Crippen molar-refractivity contribution >= 4 is 23.7 Å². The van der Waals surface area contributed by atoms with Crippen LogP contribution in [0.2, 0.25) is 0 Å². The average molecular weight is 268 g/mol. The maximum atomic E-state index is 12.2. The molecule has 0 aliphatic carbocycles. The van der Waals surface area contributed by atoms with Gasteiger partial charge in [0, 0.05) is 16.9 Å². The molecule has 0 saturated carbocycles. The van der Waals surface area contributed by atoms with E-state index >= 15 is 0 Å². The van der Waals surface area contributed by atoms with Crippen molar-refractivity contribution in [3.63, 3.8) is 0 Å². The standard InChI is InChI=1S/C16H16N2O2/c1-2-12-6-3-4-9-15(12)18-16(20)13-7-5-8-14(10-13)17-11-19/h3-11H,2H2,1H3,(H,17,19)(H,18,20). The Hall–Kier alpha value is -2.62. The molecule has 4 heteroatoms. The Bertz CT molecular complexity index is 623. The van der Waals surface area contributed by atoms with Crippen molar-refractivity contribution in [3.8, 4) is 0 Å². The van der Waals surface area contributed by atoms with Crippen LogP contribution in [0.1, 0.15) is 22.8 Å². The van der Waals surface area contributed by atoms with Crippen molar-refractivity contribution in [2.75, 3.05) is 10.6 Å². The molecule has 0 fully saturated rings. The number of aryl methyl sites for hydroxylation is 1. The molecule has 20 heavy (non-hydrogen) atoms. The highest BCUT2D eigenvalue weighted by Gasteiger charge is 2.08. The van der Waals surface area contributed by atoms with Crippen LogP contribution < -0.4 is 10.6 Å². The maximum absolute atomic E-state index is 12.2. The molecule has 102 valence electrons. The third kappa shape index (κ3) is 3.23. The van der Waals surface area contributed by atoms with Crippen LogP contribution >= 0.6 is 0 Å². The number of amides is 2. The predicted octanol–water partition coefficient (Wildman–Crippen LogP) is 3.07. The normalized spacial score (nSPS) is 9.85. The Morgan fingerprint density at radius 2 is 1.95 bits per heavy atom. The lowest BCUT2D eigenvalue weighted by atomic mass is 10.1. The molecule has 2 rings (SSSR count). The smallest absolute Gasteiger partial charge is 0.255 e. The summed E-state index contributed by atoms with van der Waals surface area (Å²) in [6.07, 6.45) is 1.44. The molecular weight excluding hydrogens is 252 g/mol. The van der Waals surface area contributed by atoms with E-state index in [-0.39, 0.29) is 5.91 Å². The quantitative estimate of drug-likeness (QED) is 0.819. The summed E-state index contributed by atoms with van der Waals surface area (Å²) in [7, 11) is 0. The molecule has 0 spiro atoms. The van der Waals surface area contributed by atoms with E-state index < -0.39 is 0 Å². The molecule has 0 unspecified atom stereocenters. The van der Waals surface area contributed by atoms with E-state index in [2.05, 4.69) is 10.6 Å². The van der Waals surface area contributed by atoms with Gasteiger partial charge in [0.05, 0.1) is 0 Å². The first-order chi connectivity index (χ1) is 9.74. The number of nitrogens with one attached hydrogen (secondary N) is 2. The summed E-state index contributed by atoms with van der Waals surface area (Å²) in [5.74, 6) is -0.194. The molecule has 0 aliphatic rings. The molecule has 2 N–H and O–H groups in total. The minimum absolute atomic E-state index is 0.194. The van der Waals surface area contributed by atoms with E-state index in [1.165, 1.54) is 0 Å². The lowest BCUT2D eigenvalue weighted by Crippen LogP contribution is -2.13. The van der Waals surface area contributed by atoms with Gasteiger partial charge in [-0.05, 0) is 36.2 Å². The van der Waals surface area contributed by atoms with Gasteiger partial charge < -0.3 is 10.6 Å². The van der Waals surface area contributed by atoms with E-state index in [0.29, 0.717) is 17.7 Å². The van der Waals surface area contributed by atoms with E-state index in [9.17, 15) is 9.59 Å². The van der Waals surface area contributed by atoms with Gasteiger partial charge in [-0.15, -0.1) is 0 Å². The molecule has 0 aliphatic heterocycles. The average Bonchev–Trinajstić information content (AvgIpc) is 2.48. The minimum atomic E-state index is -0.194. The summed E-state index contributed by atoms with van der Waals surface area (Å²) in [6.45, 7) is 2.04. The van der Waals surface area contributed by atoms with Gasteiger partial charge in [-0.1, -0.05) is 31.2 Å². The first kappa shape index (κ1) is 13.8. The Morgan fingerprint density at radius 3 is 2.70 bits per heavy atom. The van der Waals surface area contributed by atoms with Crippen LogP contribution in [0.15, 0.2) is 48.5 Å². The fourth-order valence-electron chi connectivity index (χ4n) is 1.96. The second kappa shape index (κ2) is 6.52. The molecule has 0 aromatic heterocycles. The number of hydrogen-bond donors (Lipinski definition) is 2. The van der Waals surface area contributed by atoms with Gasteiger partial charge in [-0.3, -0.25) is 9.59 Å². The summed E-state index contributed by atoms with van der Waals surface area (Å²) in [5.41, 5.74) is 3.00. The molecule has 0 atom stereocenters. The third-order valence-corrected chi connectivity index (χ3v) is 3.00. The maximum Gasteiger partial charge on any atom is 0.255 e. The Labute approximate surface area is 117 Å². The van der Waals surface area contributed by atoms with E-state index in [1.54, 1.807) is 24.3 Å². The lowest BCUT2D eigenvalue weighted by molar-refractivity contribution is -0.105. The van der Waals surface area contributed by atoms with Crippen molar-refractivity contribution in [3.05, 3.63) is 59.7 Å². The van der Waals surface area contributed by atoms with E-state index in [0.717, 1.165) is 17.7 Å². The van der Waals surface area contributed by atoms with Crippen molar-refractivity contribution in [2.45, 2.75) is 13.3 Å². The Kier molecular flexibility index (Phi) is 4.50. The van der Waals surface area contributed by atoms with Gasteiger partial charge in [0.25, 0.3) is 5.91 Å². The van der Waals surface area contributed by atoms with Gasteiger partial charge >= 0.3 is 0 Å². The van der Waals surface area contributed by atoms with Crippen LogP contribution in [0.5, 0.6) is 0 Å². The minimum Gasteiger partial charge on any atom is -0.329 e. The molecular formula is C16H16N2O2. The second-order valence-corrected chi connectivity index (χ2v) is 4.31. The molecule has 0 saturated heterocycles. The number of rotatable bonds is 5. The molecule has 0 heterocycles. The fraction of sp³-hybridized carbons (Fsp3) is 0.125. The number of para-hydroxylation sites is 1. The molecule has 2 amide bonds. The Morgan fingerprint density at radius 1 is 1.15 bits per heavy atom. The fourth-order valence-corrected chi connectivity index (χ4v) is 1.96. The number of carbonyl (C=O) groups excluding carboxylic acids is 2. The zero-order valence-electron chi connectivity index (χ0n) is 11.2. The lowest BCUT2D eigenvalue weighted by Gasteiger charge is -2.10. The molecule has 0 bridgehead atoms. The van der Waals surface area contributed by atoms with Crippen molar-refractivity contribution in [1.29, 1.82) is 0 Å². The SMILES string of the molecule is CCc1ccccc1NC(=O)c1cccc(NC=O)c1. The second-order valence-electron chi connectivity index (χ2n) is 4.31. The van der Waals surface area contributed by atoms with Gasteiger partial charge in [0.2, 0.25) is 6.41 Å². The summed E-state index contributed by atoms with van der Waals surface area (Å²) in [5, 5.41) is 5.42. The Balaban J connectivity index is 2.19. The van der Waals surface area contributed by atoms with E-state index in [1.807, 2.05) is 31.2 Å². The number of anilines is 2. The number of hydrogen-bond acceptors (Lipinski definition) is 2. The summed E-state index contributed by atoms with van der Waals surface area (Å²) < 4.78 is 0. The summed E-state index contributed by atoms with van der Waals surface area (Å²) in [4.78, 5) is 22.6. The van der Waals surface area contributed by atoms with Gasteiger partial charge in [-0.2, -0.15) is 0 Å². The topological polar surface area (TPSA) is 58.2 Å². The molecule has 2 aromatic carbocycles. The van der Waals surface area contributed by atoms with Crippen LogP contribution in [0, 0.1) is 0 Å². The largest absolute Gasteiger partial charge is 0.329 e. The third-order valence-electron chi connectivity index (χ3n) is 3.00. The highest BCUT2D eigenvalue weighted by atomic mass is 16.1. The summed E-state index contributed by atoms with van der Waals surface area (Å²) in [6, 6.07) is 14.5. The van der Waals surface area contributed by atoms with Gasteiger partial charge in [0.1, 0.15) is 0 Å². The molecule has 0 radical (unpaired) electrons. The zero-order valence-corrected chi connectivity index (χ0v) is 11.2. The van der Waals surface area contributed by atoms with Gasteiger partial charge in [0.15, 0.2) is 0 Å².